The van der Waals surface area contributed by atoms with Crippen molar-refractivity contribution in [2.45, 2.75) is 37.8 Å². The van der Waals surface area contributed by atoms with Crippen molar-refractivity contribution in [2.24, 2.45) is 0 Å². The zero-order valence-corrected chi connectivity index (χ0v) is 11.6. The van der Waals surface area contributed by atoms with E-state index in [9.17, 15) is 18.6 Å². The van der Waals surface area contributed by atoms with Gasteiger partial charge in [0.1, 0.15) is 6.04 Å². The Morgan fingerprint density at radius 1 is 1.20 bits per heavy atom. The Labute approximate surface area is 118 Å². The van der Waals surface area contributed by atoms with E-state index in [1.165, 1.54) is 0 Å². The average Bonchev–Trinajstić information content (AvgIpc) is 2.36. The predicted molar refractivity (Wildman–Crippen MR) is 70.9 cm³/mol. The van der Waals surface area contributed by atoms with Crippen LogP contribution in [0, 0.1) is 0 Å². The molecule has 4 N–H and O–H groups in total. The SMILES string of the molecule is O=C(O)CC[C@H](NC(=O)NC1CCS(=O)CC1)C(=O)O. The number of aliphatic carboxylic acids is 2. The number of nitrogens with one attached hydrogen (secondary N) is 2. The van der Waals surface area contributed by atoms with Gasteiger partial charge in [0.05, 0.1) is 0 Å². The fraction of sp³-hybridized carbons (Fsp3) is 0.727. The summed E-state index contributed by atoms with van der Waals surface area (Å²) in [5.41, 5.74) is 0. The largest absolute Gasteiger partial charge is 0.481 e. The Kier molecular flexibility index (Phi) is 6.43. The molecule has 1 aliphatic rings. The van der Waals surface area contributed by atoms with Crippen molar-refractivity contribution in [3.05, 3.63) is 0 Å². The Balaban J connectivity index is 2.39. The van der Waals surface area contributed by atoms with Crippen molar-refractivity contribution >= 4 is 28.8 Å². The highest BCUT2D eigenvalue weighted by Gasteiger charge is 2.24. The van der Waals surface area contributed by atoms with E-state index in [-0.39, 0.29) is 18.9 Å². The van der Waals surface area contributed by atoms with E-state index in [0.29, 0.717) is 24.3 Å². The molecule has 9 heteroatoms. The summed E-state index contributed by atoms with van der Waals surface area (Å²) in [5.74, 6) is -1.35. The van der Waals surface area contributed by atoms with Crippen LogP contribution in [0.4, 0.5) is 4.79 Å². The van der Waals surface area contributed by atoms with Gasteiger partial charge in [-0.05, 0) is 19.3 Å². The van der Waals surface area contributed by atoms with Gasteiger partial charge in [0.2, 0.25) is 0 Å². The second-order valence-corrected chi connectivity index (χ2v) is 6.26. The lowest BCUT2D eigenvalue weighted by Crippen LogP contribution is -2.50. The van der Waals surface area contributed by atoms with Crippen LogP contribution in [0.3, 0.4) is 0 Å². The third-order valence-corrected chi connectivity index (χ3v) is 4.36. The molecule has 8 nitrogen and oxygen atoms in total. The molecule has 0 aromatic heterocycles. The van der Waals surface area contributed by atoms with E-state index in [4.69, 9.17) is 10.2 Å². The van der Waals surface area contributed by atoms with Crippen LogP contribution in [0.2, 0.25) is 0 Å². The molecule has 0 aromatic rings. The van der Waals surface area contributed by atoms with Crippen LogP contribution in [0.25, 0.3) is 0 Å². The maximum absolute atomic E-state index is 11.6. The monoisotopic (exact) mass is 306 g/mol. The number of carboxylic acids is 2. The first-order valence-corrected chi connectivity index (χ1v) is 7.74. The third-order valence-electron chi connectivity index (χ3n) is 2.97. The van der Waals surface area contributed by atoms with Crippen LogP contribution in [-0.4, -0.2) is 56.0 Å². The van der Waals surface area contributed by atoms with E-state index in [1.54, 1.807) is 0 Å². The summed E-state index contributed by atoms with van der Waals surface area (Å²) in [4.78, 5) is 33.0. The molecule has 0 aromatic carbocycles. The molecule has 0 aliphatic carbocycles. The number of hydrogen-bond donors (Lipinski definition) is 4. The van der Waals surface area contributed by atoms with Gasteiger partial charge in [0.25, 0.3) is 0 Å². The number of carbonyl (C=O) groups excluding carboxylic acids is 1. The second-order valence-electron chi connectivity index (χ2n) is 4.56. The van der Waals surface area contributed by atoms with Crippen LogP contribution in [0.1, 0.15) is 25.7 Å². The smallest absolute Gasteiger partial charge is 0.326 e. The molecular formula is C11H18N2O6S. The fourth-order valence-corrected chi connectivity index (χ4v) is 3.15. The first-order valence-electron chi connectivity index (χ1n) is 6.25. The van der Waals surface area contributed by atoms with Crippen LogP contribution in [0.15, 0.2) is 0 Å². The molecule has 1 fully saturated rings. The van der Waals surface area contributed by atoms with Gasteiger partial charge >= 0.3 is 18.0 Å². The molecule has 1 rings (SSSR count). The zero-order chi connectivity index (χ0) is 15.1. The first kappa shape index (κ1) is 16.4. The van der Waals surface area contributed by atoms with Crippen molar-refractivity contribution in [1.29, 1.82) is 0 Å². The number of rotatable bonds is 6. The molecule has 2 amide bonds. The minimum atomic E-state index is -1.27. The molecular weight excluding hydrogens is 288 g/mol. The van der Waals surface area contributed by atoms with Gasteiger partial charge in [0.15, 0.2) is 0 Å². The van der Waals surface area contributed by atoms with Gasteiger partial charge < -0.3 is 20.8 Å². The third kappa shape index (κ3) is 6.00. The molecule has 1 saturated heterocycles. The molecule has 1 heterocycles. The van der Waals surface area contributed by atoms with E-state index >= 15 is 0 Å². The molecule has 1 aliphatic heterocycles. The number of carboxylic acid groups (broad SMARTS) is 2. The molecule has 0 unspecified atom stereocenters. The van der Waals surface area contributed by atoms with Gasteiger partial charge in [-0.1, -0.05) is 0 Å². The van der Waals surface area contributed by atoms with Crippen LogP contribution in [-0.2, 0) is 20.4 Å². The van der Waals surface area contributed by atoms with Crippen molar-refractivity contribution < 1.29 is 28.8 Å². The Bertz CT molecular complexity index is 404. The summed E-state index contributed by atoms with van der Waals surface area (Å²) >= 11 is 0. The molecule has 1 atom stereocenters. The number of amides is 2. The topological polar surface area (TPSA) is 133 Å². The lowest BCUT2D eigenvalue weighted by molar-refractivity contribution is -0.140. The molecule has 20 heavy (non-hydrogen) atoms. The normalized spacial score (nSPS) is 23.6. The van der Waals surface area contributed by atoms with Crippen molar-refractivity contribution in [2.75, 3.05) is 11.5 Å². The summed E-state index contributed by atoms with van der Waals surface area (Å²) in [7, 11) is -0.833. The van der Waals surface area contributed by atoms with Crippen molar-refractivity contribution in [3.8, 4) is 0 Å². The summed E-state index contributed by atoms with van der Waals surface area (Å²) in [6.07, 6.45) is 0.673. The summed E-state index contributed by atoms with van der Waals surface area (Å²) in [6, 6.07) is -1.99. The summed E-state index contributed by atoms with van der Waals surface area (Å²) in [6.45, 7) is 0. The zero-order valence-electron chi connectivity index (χ0n) is 10.8. The second kappa shape index (κ2) is 7.83. The summed E-state index contributed by atoms with van der Waals surface area (Å²) < 4.78 is 11.2. The first-order chi connectivity index (χ1) is 9.38. The van der Waals surface area contributed by atoms with E-state index in [2.05, 4.69) is 10.6 Å². The van der Waals surface area contributed by atoms with E-state index in [1.807, 2.05) is 0 Å². The van der Waals surface area contributed by atoms with Crippen molar-refractivity contribution in [1.82, 2.24) is 10.6 Å². The Hall–Kier alpha value is -1.64. The fourth-order valence-electron chi connectivity index (χ4n) is 1.85. The van der Waals surface area contributed by atoms with Gasteiger partial charge in [0, 0.05) is 34.8 Å². The molecule has 0 radical (unpaired) electrons. The highest BCUT2D eigenvalue weighted by Crippen LogP contribution is 2.09. The van der Waals surface area contributed by atoms with E-state index in [0.717, 1.165) is 0 Å². The molecule has 0 bridgehead atoms. The van der Waals surface area contributed by atoms with Gasteiger partial charge in [-0.3, -0.25) is 9.00 Å². The molecule has 0 spiro atoms. The minimum absolute atomic E-state index is 0.124. The lowest BCUT2D eigenvalue weighted by atomic mass is 10.1. The van der Waals surface area contributed by atoms with Gasteiger partial charge in [-0.2, -0.15) is 0 Å². The van der Waals surface area contributed by atoms with Gasteiger partial charge in [-0.15, -0.1) is 0 Å². The van der Waals surface area contributed by atoms with Gasteiger partial charge in [-0.25, -0.2) is 9.59 Å². The average molecular weight is 306 g/mol. The van der Waals surface area contributed by atoms with Crippen LogP contribution < -0.4 is 10.6 Å². The Morgan fingerprint density at radius 2 is 1.80 bits per heavy atom. The minimum Gasteiger partial charge on any atom is -0.481 e. The number of urea groups is 1. The van der Waals surface area contributed by atoms with Crippen molar-refractivity contribution in [3.63, 3.8) is 0 Å². The Morgan fingerprint density at radius 3 is 2.30 bits per heavy atom. The molecule has 0 saturated carbocycles. The van der Waals surface area contributed by atoms with Crippen LogP contribution >= 0.6 is 0 Å². The highest BCUT2D eigenvalue weighted by molar-refractivity contribution is 7.85. The number of carbonyl (C=O) groups is 3. The van der Waals surface area contributed by atoms with E-state index < -0.39 is 34.8 Å². The number of hydrogen-bond acceptors (Lipinski definition) is 4. The standard InChI is InChI=1S/C11H18N2O6S/c14-9(15)2-1-8(10(16)17)13-11(18)12-7-3-5-20(19)6-4-7/h7-8H,1-6H2,(H,14,15)(H,16,17)(H2,12,13,18)/t7?,8-,20?/m0/s1. The lowest BCUT2D eigenvalue weighted by Gasteiger charge is -2.23. The van der Waals surface area contributed by atoms with Crippen LogP contribution in [0.5, 0.6) is 0 Å². The highest BCUT2D eigenvalue weighted by atomic mass is 32.2. The quantitative estimate of drug-likeness (QED) is 0.523. The maximum atomic E-state index is 11.6. The predicted octanol–water partition coefficient (Wildman–Crippen LogP) is -0.485. The molecule has 114 valence electrons. The maximum Gasteiger partial charge on any atom is 0.326 e. The summed E-state index contributed by atoms with van der Waals surface area (Å²) in [5, 5.41) is 22.3.